The molecule has 0 aromatic heterocycles. The third-order valence-corrected chi connectivity index (χ3v) is 4.16. The standard InChI is InChI=1S/C14H20N2S/c1-4-11-7-6-8-12(5-2)13(11)16-14-15-10(3)9-17-14/h6-8,10H,4-5,9H2,1-3H3,(H,15,16). The van der Waals surface area contributed by atoms with E-state index < -0.39 is 0 Å². The number of rotatable bonds is 3. The van der Waals surface area contributed by atoms with E-state index in [1.54, 1.807) is 0 Å². The van der Waals surface area contributed by atoms with Gasteiger partial charge in [-0.05, 0) is 30.9 Å². The lowest BCUT2D eigenvalue weighted by molar-refractivity contribution is 0.865. The fourth-order valence-electron chi connectivity index (χ4n) is 2.05. The van der Waals surface area contributed by atoms with Crippen molar-refractivity contribution < 1.29 is 0 Å². The van der Waals surface area contributed by atoms with Crippen molar-refractivity contribution in [2.75, 3.05) is 11.1 Å². The van der Waals surface area contributed by atoms with Crippen LogP contribution in [0.25, 0.3) is 0 Å². The SMILES string of the molecule is CCc1cccc(CC)c1NC1=NC(C)CS1. The van der Waals surface area contributed by atoms with E-state index in [4.69, 9.17) is 0 Å². The molecule has 1 aliphatic heterocycles. The van der Waals surface area contributed by atoms with E-state index in [0.717, 1.165) is 23.8 Å². The van der Waals surface area contributed by atoms with Gasteiger partial charge in [-0.15, -0.1) is 0 Å². The molecule has 0 saturated heterocycles. The maximum Gasteiger partial charge on any atom is 0.161 e. The number of thioether (sulfide) groups is 1. The van der Waals surface area contributed by atoms with Crippen LogP contribution in [-0.2, 0) is 12.8 Å². The van der Waals surface area contributed by atoms with Crippen LogP contribution in [0.15, 0.2) is 23.2 Å². The van der Waals surface area contributed by atoms with Crippen molar-refractivity contribution in [1.29, 1.82) is 0 Å². The van der Waals surface area contributed by atoms with Crippen molar-refractivity contribution in [3.05, 3.63) is 29.3 Å². The van der Waals surface area contributed by atoms with Crippen LogP contribution >= 0.6 is 11.8 Å². The smallest absolute Gasteiger partial charge is 0.161 e. The Labute approximate surface area is 108 Å². The Morgan fingerprint density at radius 2 is 1.94 bits per heavy atom. The number of nitrogens with zero attached hydrogens (tertiary/aromatic N) is 1. The second-order valence-electron chi connectivity index (χ2n) is 4.38. The van der Waals surface area contributed by atoms with Crippen LogP contribution in [0.2, 0.25) is 0 Å². The number of amidine groups is 1. The maximum atomic E-state index is 4.60. The van der Waals surface area contributed by atoms with Gasteiger partial charge in [-0.1, -0.05) is 43.8 Å². The van der Waals surface area contributed by atoms with Gasteiger partial charge in [-0.2, -0.15) is 0 Å². The van der Waals surface area contributed by atoms with E-state index in [1.807, 2.05) is 11.8 Å². The summed E-state index contributed by atoms with van der Waals surface area (Å²) in [6, 6.07) is 6.99. The van der Waals surface area contributed by atoms with Crippen molar-refractivity contribution in [1.82, 2.24) is 0 Å². The third-order valence-electron chi connectivity index (χ3n) is 3.03. The summed E-state index contributed by atoms with van der Waals surface area (Å²) in [5, 5.41) is 4.60. The molecule has 1 aromatic rings. The van der Waals surface area contributed by atoms with Gasteiger partial charge in [0, 0.05) is 11.4 Å². The predicted molar refractivity (Wildman–Crippen MR) is 78.2 cm³/mol. The van der Waals surface area contributed by atoms with Gasteiger partial charge in [0.05, 0.1) is 6.04 Å². The summed E-state index contributed by atoms with van der Waals surface area (Å²) >= 11 is 1.82. The van der Waals surface area contributed by atoms with Gasteiger partial charge < -0.3 is 5.32 Å². The Hall–Kier alpha value is -0.960. The summed E-state index contributed by atoms with van der Waals surface area (Å²) in [5.41, 5.74) is 4.04. The first-order chi connectivity index (χ1) is 8.24. The third kappa shape index (κ3) is 2.83. The van der Waals surface area contributed by atoms with Crippen LogP contribution in [0.5, 0.6) is 0 Å². The fourth-order valence-corrected chi connectivity index (χ4v) is 2.95. The first kappa shape index (κ1) is 12.5. The highest BCUT2D eigenvalue weighted by atomic mass is 32.2. The molecule has 0 radical (unpaired) electrons. The minimum absolute atomic E-state index is 0.446. The molecule has 17 heavy (non-hydrogen) atoms. The van der Waals surface area contributed by atoms with Gasteiger partial charge >= 0.3 is 0 Å². The Morgan fingerprint density at radius 1 is 1.29 bits per heavy atom. The number of hydrogen-bond donors (Lipinski definition) is 1. The summed E-state index contributed by atoms with van der Waals surface area (Å²) in [5.74, 6) is 1.10. The van der Waals surface area contributed by atoms with Crippen LogP contribution in [-0.4, -0.2) is 17.0 Å². The zero-order valence-corrected chi connectivity index (χ0v) is 11.6. The second-order valence-corrected chi connectivity index (χ2v) is 5.39. The lowest BCUT2D eigenvalue weighted by Gasteiger charge is -2.14. The van der Waals surface area contributed by atoms with Gasteiger partial charge in [0.2, 0.25) is 0 Å². The molecule has 1 aliphatic rings. The van der Waals surface area contributed by atoms with Crippen LogP contribution in [0.3, 0.4) is 0 Å². The van der Waals surface area contributed by atoms with Gasteiger partial charge in [-0.3, -0.25) is 4.99 Å². The molecule has 1 aromatic carbocycles. The van der Waals surface area contributed by atoms with Gasteiger partial charge in [0.25, 0.3) is 0 Å². The van der Waals surface area contributed by atoms with Crippen molar-refractivity contribution in [2.45, 2.75) is 39.7 Å². The average molecular weight is 248 g/mol. The van der Waals surface area contributed by atoms with Gasteiger partial charge in [0.15, 0.2) is 5.17 Å². The van der Waals surface area contributed by atoms with Crippen LogP contribution in [0.1, 0.15) is 31.9 Å². The summed E-state index contributed by atoms with van der Waals surface area (Å²) in [6.07, 6.45) is 2.12. The van der Waals surface area contributed by atoms with E-state index in [2.05, 4.69) is 49.3 Å². The Balaban J connectivity index is 2.27. The number of para-hydroxylation sites is 1. The van der Waals surface area contributed by atoms with E-state index >= 15 is 0 Å². The topological polar surface area (TPSA) is 24.4 Å². The van der Waals surface area contributed by atoms with Crippen molar-refractivity contribution in [2.24, 2.45) is 4.99 Å². The summed E-state index contributed by atoms with van der Waals surface area (Å²) in [7, 11) is 0. The Kier molecular flexibility index (Phi) is 4.11. The molecule has 0 spiro atoms. The molecule has 0 fully saturated rings. The van der Waals surface area contributed by atoms with Crippen LogP contribution in [0, 0.1) is 0 Å². The average Bonchev–Trinajstić information content (AvgIpc) is 2.75. The predicted octanol–water partition coefficient (Wildman–Crippen LogP) is 3.71. The van der Waals surface area contributed by atoms with E-state index in [0.29, 0.717) is 6.04 Å². The minimum atomic E-state index is 0.446. The Morgan fingerprint density at radius 3 is 2.41 bits per heavy atom. The van der Waals surface area contributed by atoms with Crippen molar-refractivity contribution >= 4 is 22.6 Å². The molecule has 1 N–H and O–H groups in total. The molecular weight excluding hydrogens is 228 g/mol. The number of anilines is 1. The quantitative estimate of drug-likeness (QED) is 0.881. The molecule has 2 rings (SSSR count). The molecule has 1 heterocycles. The molecule has 1 atom stereocenters. The molecule has 0 bridgehead atoms. The van der Waals surface area contributed by atoms with Gasteiger partial charge in [0.1, 0.15) is 0 Å². The molecule has 92 valence electrons. The van der Waals surface area contributed by atoms with E-state index in [9.17, 15) is 0 Å². The number of hydrogen-bond acceptors (Lipinski definition) is 3. The highest BCUT2D eigenvalue weighted by Crippen LogP contribution is 2.26. The fraction of sp³-hybridized carbons (Fsp3) is 0.500. The normalized spacial score (nSPS) is 19.2. The number of aryl methyl sites for hydroxylation is 2. The zero-order valence-electron chi connectivity index (χ0n) is 10.8. The summed E-state index contributed by atoms with van der Waals surface area (Å²) in [6.45, 7) is 6.56. The van der Waals surface area contributed by atoms with E-state index in [1.165, 1.54) is 16.8 Å². The monoisotopic (exact) mass is 248 g/mol. The first-order valence-electron chi connectivity index (χ1n) is 6.33. The molecular formula is C14H20N2S. The highest BCUT2D eigenvalue weighted by molar-refractivity contribution is 8.14. The molecule has 2 nitrogen and oxygen atoms in total. The summed E-state index contributed by atoms with van der Waals surface area (Å²) in [4.78, 5) is 4.60. The number of benzene rings is 1. The largest absolute Gasteiger partial charge is 0.335 e. The minimum Gasteiger partial charge on any atom is -0.335 e. The number of aliphatic imine (C=N–C) groups is 1. The lowest BCUT2D eigenvalue weighted by atomic mass is 10.0. The highest BCUT2D eigenvalue weighted by Gasteiger charge is 2.16. The first-order valence-corrected chi connectivity index (χ1v) is 7.31. The lowest BCUT2D eigenvalue weighted by Crippen LogP contribution is -2.09. The van der Waals surface area contributed by atoms with E-state index in [-0.39, 0.29) is 0 Å². The van der Waals surface area contributed by atoms with Crippen molar-refractivity contribution in [3.8, 4) is 0 Å². The summed E-state index contributed by atoms with van der Waals surface area (Å²) < 4.78 is 0. The molecule has 0 aliphatic carbocycles. The molecule has 3 heteroatoms. The molecule has 0 saturated carbocycles. The molecule has 0 amide bonds. The van der Waals surface area contributed by atoms with Crippen LogP contribution < -0.4 is 5.32 Å². The zero-order chi connectivity index (χ0) is 12.3. The van der Waals surface area contributed by atoms with Crippen molar-refractivity contribution in [3.63, 3.8) is 0 Å². The van der Waals surface area contributed by atoms with Crippen LogP contribution in [0.4, 0.5) is 5.69 Å². The second kappa shape index (κ2) is 5.58. The molecule has 1 unspecified atom stereocenters. The number of nitrogens with one attached hydrogen (secondary N) is 1. The Bertz CT molecular complexity index is 404. The van der Waals surface area contributed by atoms with Gasteiger partial charge in [-0.25, -0.2) is 0 Å². The maximum absolute atomic E-state index is 4.60.